The molecule has 2 N–H and O–H groups in total. The Labute approximate surface area is 127 Å². The van der Waals surface area contributed by atoms with E-state index in [1.807, 2.05) is 7.05 Å². The van der Waals surface area contributed by atoms with Gasteiger partial charge in [-0.1, -0.05) is 13.3 Å². The van der Waals surface area contributed by atoms with Crippen molar-refractivity contribution in [1.29, 1.82) is 0 Å². The molecule has 8 heteroatoms. The lowest BCUT2D eigenvalue weighted by Gasteiger charge is -2.28. The molecule has 8 nitrogen and oxygen atoms in total. The summed E-state index contributed by atoms with van der Waals surface area (Å²) in [6, 6.07) is 0. The number of anilines is 1. The molecule has 0 radical (unpaired) electrons. The first-order valence-electron chi connectivity index (χ1n) is 7.78. The first-order chi connectivity index (χ1) is 10.6. The molecule has 1 aliphatic rings. The lowest BCUT2D eigenvalue weighted by atomic mass is 10.3. The average Bonchev–Trinajstić information content (AvgIpc) is 2.86. The SMILES string of the molecule is CCCCn1c(=O)[nH]c(=O)c2c1nc(N1CCNCC1)n2C. The Morgan fingerprint density at radius 3 is 2.64 bits per heavy atom. The van der Waals surface area contributed by atoms with Gasteiger partial charge < -0.3 is 14.8 Å². The third-order valence-electron chi connectivity index (χ3n) is 4.12. The molecule has 1 fully saturated rings. The number of H-pyrrole nitrogens is 1. The van der Waals surface area contributed by atoms with Crippen molar-refractivity contribution in [2.75, 3.05) is 31.1 Å². The molecule has 0 aliphatic carbocycles. The van der Waals surface area contributed by atoms with Crippen molar-refractivity contribution in [2.45, 2.75) is 26.3 Å². The zero-order chi connectivity index (χ0) is 15.7. The number of aromatic nitrogens is 4. The molecule has 0 atom stereocenters. The zero-order valence-electron chi connectivity index (χ0n) is 13.1. The van der Waals surface area contributed by atoms with Crippen LogP contribution in [0.4, 0.5) is 5.95 Å². The highest BCUT2D eigenvalue weighted by atomic mass is 16.2. The number of imidazole rings is 1. The van der Waals surface area contributed by atoms with Crippen LogP contribution in [0.5, 0.6) is 0 Å². The average molecular weight is 306 g/mol. The van der Waals surface area contributed by atoms with Crippen molar-refractivity contribution in [3.05, 3.63) is 20.8 Å². The lowest BCUT2D eigenvalue weighted by Crippen LogP contribution is -2.44. The third kappa shape index (κ3) is 2.43. The largest absolute Gasteiger partial charge is 0.340 e. The van der Waals surface area contributed by atoms with Crippen LogP contribution in [-0.2, 0) is 13.6 Å². The minimum absolute atomic E-state index is 0.371. The van der Waals surface area contributed by atoms with Crippen LogP contribution in [-0.4, -0.2) is 45.3 Å². The van der Waals surface area contributed by atoms with Crippen LogP contribution in [0.3, 0.4) is 0 Å². The van der Waals surface area contributed by atoms with Crippen LogP contribution in [0, 0.1) is 0 Å². The highest BCUT2D eigenvalue weighted by Crippen LogP contribution is 2.18. The minimum Gasteiger partial charge on any atom is -0.340 e. The number of hydrogen-bond acceptors (Lipinski definition) is 5. The molecule has 3 rings (SSSR count). The maximum Gasteiger partial charge on any atom is 0.330 e. The normalized spacial score (nSPS) is 15.6. The molecule has 0 amide bonds. The molecule has 3 heterocycles. The Kier molecular flexibility index (Phi) is 4.02. The van der Waals surface area contributed by atoms with Crippen molar-refractivity contribution in [3.63, 3.8) is 0 Å². The predicted molar refractivity (Wildman–Crippen MR) is 85.6 cm³/mol. The van der Waals surface area contributed by atoms with Gasteiger partial charge in [0.05, 0.1) is 0 Å². The van der Waals surface area contributed by atoms with Crippen LogP contribution >= 0.6 is 0 Å². The Balaban J connectivity index is 2.16. The summed E-state index contributed by atoms with van der Waals surface area (Å²) in [5, 5.41) is 3.30. The molecule has 0 spiro atoms. The van der Waals surface area contributed by atoms with Crippen LogP contribution < -0.4 is 21.5 Å². The lowest BCUT2D eigenvalue weighted by molar-refractivity contribution is 0.574. The number of piperazine rings is 1. The van der Waals surface area contributed by atoms with Gasteiger partial charge in [0.25, 0.3) is 5.56 Å². The fourth-order valence-corrected chi connectivity index (χ4v) is 2.91. The molecule has 0 aromatic carbocycles. The molecule has 1 aliphatic heterocycles. The standard InChI is InChI=1S/C14H22N6O2/c1-3-4-7-20-11-10(12(21)17-14(20)22)18(2)13(16-11)19-8-5-15-6-9-19/h15H,3-9H2,1-2H3,(H,17,21,22). The number of aryl methyl sites for hydroxylation is 2. The molecule has 2 aromatic heterocycles. The monoisotopic (exact) mass is 306 g/mol. The molecule has 0 unspecified atom stereocenters. The zero-order valence-corrected chi connectivity index (χ0v) is 13.1. The third-order valence-corrected chi connectivity index (χ3v) is 4.12. The fourth-order valence-electron chi connectivity index (χ4n) is 2.91. The molecule has 120 valence electrons. The van der Waals surface area contributed by atoms with Gasteiger partial charge in [0.2, 0.25) is 5.95 Å². The van der Waals surface area contributed by atoms with Crippen LogP contribution in [0.15, 0.2) is 9.59 Å². The van der Waals surface area contributed by atoms with Crippen molar-refractivity contribution in [3.8, 4) is 0 Å². The molecule has 0 bridgehead atoms. The van der Waals surface area contributed by atoms with E-state index in [1.54, 1.807) is 9.13 Å². The summed E-state index contributed by atoms with van der Waals surface area (Å²) in [5.41, 5.74) is 0.197. The summed E-state index contributed by atoms with van der Waals surface area (Å²) in [6.45, 7) is 6.10. The highest BCUT2D eigenvalue weighted by Gasteiger charge is 2.21. The van der Waals surface area contributed by atoms with Gasteiger partial charge in [0.1, 0.15) is 0 Å². The first-order valence-corrected chi connectivity index (χ1v) is 7.78. The van der Waals surface area contributed by atoms with E-state index in [0.29, 0.717) is 17.7 Å². The number of aromatic amines is 1. The molecule has 0 saturated carbocycles. The minimum atomic E-state index is -0.379. The van der Waals surface area contributed by atoms with Crippen LogP contribution in [0.1, 0.15) is 19.8 Å². The van der Waals surface area contributed by atoms with Gasteiger partial charge in [0.15, 0.2) is 11.2 Å². The summed E-state index contributed by atoms with van der Waals surface area (Å²) >= 11 is 0. The van der Waals surface area contributed by atoms with Crippen molar-refractivity contribution in [2.24, 2.45) is 7.05 Å². The number of fused-ring (bicyclic) bond motifs is 1. The van der Waals surface area contributed by atoms with Gasteiger partial charge in [-0.3, -0.25) is 14.3 Å². The number of hydrogen-bond donors (Lipinski definition) is 2. The van der Waals surface area contributed by atoms with E-state index in [0.717, 1.165) is 45.0 Å². The van der Waals surface area contributed by atoms with Gasteiger partial charge >= 0.3 is 5.69 Å². The van der Waals surface area contributed by atoms with Crippen molar-refractivity contribution in [1.82, 2.24) is 24.4 Å². The summed E-state index contributed by atoms with van der Waals surface area (Å²) in [6.07, 6.45) is 1.85. The Bertz CT molecular complexity index is 781. The second kappa shape index (κ2) is 5.96. The van der Waals surface area contributed by atoms with E-state index in [1.165, 1.54) is 0 Å². The topological polar surface area (TPSA) is 87.9 Å². The van der Waals surface area contributed by atoms with Gasteiger partial charge in [-0.15, -0.1) is 0 Å². The Hall–Kier alpha value is -2.09. The smallest absolute Gasteiger partial charge is 0.330 e. The molecule has 22 heavy (non-hydrogen) atoms. The second-order valence-corrected chi connectivity index (χ2v) is 5.64. The molecular formula is C14H22N6O2. The summed E-state index contributed by atoms with van der Waals surface area (Å²) in [4.78, 5) is 33.4. The predicted octanol–water partition coefficient (Wildman–Crippen LogP) is -0.367. The molecular weight excluding hydrogens is 284 g/mol. The first kappa shape index (κ1) is 14.8. The summed E-state index contributed by atoms with van der Waals surface area (Å²) < 4.78 is 3.37. The van der Waals surface area contributed by atoms with Gasteiger partial charge in [-0.2, -0.15) is 4.98 Å². The number of unbranched alkanes of at least 4 members (excludes halogenated alkanes) is 1. The van der Waals surface area contributed by atoms with E-state index in [-0.39, 0.29) is 11.2 Å². The maximum absolute atomic E-state index is 12.2. The maximum atomic E-state index is 12.2. The quantitative estimate of drug-likeness (QED) is 0.805. The number of nitrogens with zero attached hydrogens (tertiary/aromatic N) is 4. The van der Waals surface area contributed by atoms with Crippen molar-refractivity contribution >= 4 is 17.1 Å². The van der Waals surface area contributed by atoms with E-state index in [2.05, 4.69) is 27.1 Å². The summed E-state index contributed by atoms with van der Waals surface area (Å²) in [7, 11) is 1.83. The molecule has 1 saturated heterocycles. The number of nitrogens with one attached hydrogen (secondary N) is 2. The second-order valence-electron chi connectivity index (χ2n) is 5.64. The Morgan fingerprint density at radius 1 is 1.23 bits per heavy atom. The van der Waals surface area contributed by atoms with Gasteiger partial charge in [0, 0.05) is 39.8 Å². The summed E-state index contributed by atoms with van der Waals surface area (Å²) in [5.74, 6) is 0.748. The van der Waals surface area contributed by atoms with Crippen molar-refractivity contribution < 1.29 is 0 Å². The van der Waals surface area contributed by atoms with Gasteiger partial charge in [-0.25, -0.2) is 4.79 Å². The van der Waals surface area contributed by atoms with E-state index in [4.69, 9.17) is 0 Å². The van der Waals surface area contributed by atoms with E-state index >= 15 is 0 Å². The van der Waals surface area contributed by atoms with Crippen LogP contribution in [0.25, 0.3) is 11.2 Å². The van der Waals surface area contributed by atoms with Gasteiger partial charge in [-0.05, 0) is 6.42 Å². The fraction of sp³-hybridized carbons (Fsp3) is 0.643. The van der Waals surface area contributed by atoms with E-state index < -0.39 is 0 Å². The molecule has 2 aromatic rings. The highest BCUT2D eigenvalue weighted by molar-refractivity contribution is 5.74. The number of rotatable bonds is 4. The Morgan fingerprint density at radius 2 is 1.95 bits per heavy atom. The van der Waals surface area contributed by atoms with Crippen LogP contribution in [0.2, 0.25) is 0 Å². The van der Waals surface area contributed by atoms with E-state index in [9.17, 15) is 9.59 Å².